The lowest BCUT2D eigenvalue weighted by Gasteiger charge is -2.16. The van der Waals surface area contributed by atoms with Gasteiger partial charge in [-0.1, -0.05) is 13.8 Å². The van der Waals surface area contributed by atoms with Crippen molar-refractivity contribution >= 4 is 44.7 Å². The molecule has 0 fully saturated rings. The first-order chi connectivity index (χ1) is 16.6. The quantitative estimate of drug-likeness (QED) is 0.403. The molecule has 0 bridgehead atoms. The number of hydrogen-bond acceptors (Lipinski definition) is 9. The number of aldehydes is 1. The van der Waals surface area contributed by atoms with Crippen molar-refractivity contribution in [2.75, 3.05) is 18.9 Å². The molecule has 4 aromatic heterocycles. The van der Waals surface area contributed by atoms with Gasteiger partial charge in [0.05, 0.1) is 23.6 Å². The van der Waals surface area contributed by atoms with Crippen LogP contribution < -0.4 is 16.2 Å². The molecular formula is C24H32N6O2S2. The number of hydrogen-bond donors (Lipinski definition) is 2. The van der Waals surface area contributed by atoms with Crippen molar-refractivity contribution in [2.24, 2.45) is 0 Å². The summed E-state index contributed by atoms with van der Waals surface area (Å²) in [6.07, 6.45) is 9.50. The van der Waals surface area contributed by atoms with Gasteiger partial charge < -0.3 is 15.4 Å². The van der Waals surface area contributed by atoms with Crippen LogP contribution in [-0.4, -0.2) is 39.4 Å². The standard InChI is InChI=1S/C9H11N3O2.C9H10N2S.C4H5NS.C2H6/c13-5-4-12-6-11-7-2-1-3-10-8(7)9(12)14;1-10-6-8-4-7-5-11-3-2-9(7)12-8;1-4-5-2-3-6-4;1-2/h5-6,10H,1-4H2;2-5,10H,6H2,1H3;2-3H,1H3;1-2H3. The zero-order chi connectivity index (χ0) is 24.8. The smallest absolute Gasteiger partial charge is 0.277 e. The van der Waals surface area contributed by atoms with Gasteiger partial charge in [0.1, 0.15) is 12.0 Å². The molecule has 0 atom stereocenters. The summed E-state index contributed by atoms with van der Waals surface area (Å²) in [7, 11) is 1.96. The van der Waals surface area contributed by atoms with Crippen molar-refractivity contribution in [3.05, 3.63) is 68.4 Å². The highest BCUT2D eigenvalue weighted by Crippen LogP contribution is 2.23. The van der Waals surface area contributed by atoms with E-state index in [1.165, 1.54) is 25.9 Å². The topological polar surface area (TPSA) is 102 Å². The normalized spacial score (nSPS) is 11.4. The van der Waals surface area contributed by atoms with Gasteiger partial charge in [-0.25, -0.2) is 4.98 Å². The summed E-state index contributed by atoms with van der Waals surface area (Å²) in [6, 6.07) is 4.24. The third-order valence-electron chi connectivity index (χ3n) is 4.55. The fourth-order valence-electron chi connectivity index (χ4n) is 3.07. The molecule has 4 aromatic rings. The molecule has 5 rings (SSSR count). The third-order valence-corrected chi connectivity index (χ3v) is 6.37. The van der Waals surface area contributed by atoms with Crippen LogP contribution in [0.4, 0.5) is 5.69 Å². The molecule has 0 saturated carbocycles. The van der Waals surface area contributed by atoms with E-state index in [0.29, 0.717) is 12.0 Å². The van der Waals surface area contributed by atoms with Crippen LogP contribution in [0.25, 0.3) is 10.1 Å². The molecule has 1 aliphatic rings. The molecule has 0 aromatic carbocycles. The molecule has 10 heteroatoms. The molecule has 0 spiro atoms. The second-order valence-corrected chi connectivity index (χ2v) is 9.20. The first kappa shape index (κ1) is 27.3. The second kappa shape index (κ2) is 15.0. The number of aromatic nitrogens is 4. The van der Waals surface area contributed by atoms with Crippen molar-refractivity contribution in [3.8, 4) is 0 Å². The van der Waals surface area contributed by atoms with Crippen molar-refractivity contribution in [3.63, 3.8) is 0 Å². The van der Waals surface area contributed by atoms with Crippen LogP contribution in [-0.2, 0) is 24.3 Å². The number of rotatable bonds is 4. The Labute approximate surface area is 208 Å². The summed E-state index contributed by atoms with van der Waals surface area (Å²) in [6.45, 7) is 7.81. The van der Waals surface area contributed by atoms with Crippen LogP contribution in [0.15, 0.2) is 47.2 Å². The highest BCUT2D eigenvalue weighted by molar-refractivity contribution is 7.19. The average Bonchev–Trinajstić information content (AvgIpc) is 3.52. The van der Waals surface area contributed by atoms with E-state index in [1.54, 1.807) is 17.5 Å². The number of carbonyl (C=O) groups excluding carboxylic acids is 1. The molecule has 182 valence electrons. The molecule has 0 unspecified atom stereocenters. The van der Waals surface area contributed by atoms with Crippen LogP contribution >= 0.6 is 22.7 Å². The largest absolute Gasteiger partial charge is 0.379 e. The van der Waals surface area contributed by atoms with Gasteiger partial charge >= 0.3 is 0 Å². The number of nitrogens with one attached hydrogen (secondary N) is 2. The van der Waals surface area contributed by atoms with Crippen LogP contribution in [0.2, 0.25) is 0 Å². The maximum atomic E-state index is 11.7. The first-order valence-electron chi connectivity index (χ1n) is 11.2. The number of pyridine rings is 1. The Morgan fingerprint density at radius 3 is 2.71 bits per heavy atom. The Morgan fingerprint density at radius 2 is 2.09 bits per heavy atom. The Balaban J connectivity index is 0.000000185. The number of fused-ring (bicyclic) bond motifs is 2. The fourth-order valence-corrected chi connectivity index (χ4v) is 4.55. The van der Waals surface area contributed by atoms with Crippen LogP contribution in [0.3, 0.4) is 0 Å². The summed E-state index contributed by atoms with van der Waals surface area (Å²) in [5.74, 6) is 0. The predicted molar refractivity (Wildman–Crippen MR) is 142 cm³/mol. The monoisotopic (exact) mass is 500 g/mol. The Morgan fingerprint density at radius 1 is 1.26 bits per heavy atom. The van der Waals surface area contributed by atoms with Gasteiger partial charge in [0.25, 0.3) is 5.56 Å². The van der Waals surface area contributed by atoms with Crippen molar-refractivity contribution in [2.45, 2.75) is 46.7 Å². The Bertz CT molecular complexity index is 1150. The summed E-state index contributed by atoms with van der Waals surface area (Å²) in [5, 5.41) is 10.5. The lowest BCUT2D eigenvalue weighted by molar-refractivity contribution is -0.108. The molecule has 0 amide bonds. The number of thiazole rings is 1. The average molecular weight is 501 g/mol. The van der Waals surface area contributed by atoms with E-state index in [0.717, 1.165) is 36.6 Å². The Kier molecular flexibility index (Phi) is 12.1. The van der Waals surface area contributed by atoms with Gasteiger partial charge in [0.2, 0.25) is 0 Å². The maximum absolute atomic E-state index is 11.7. The van der Waals surface area contributed by atoms with Gasteiger partial charge in [0.15, 0.2) is 0 Å². The van der Waals surface area contributed by atoms with Crippen LogP contribution in [0, 0.1) is 6.92 Å². The molecule has 5 heterocycles. The molecule has 1 aliphatic heterocycles. The highest BCUT2D eigenvalue weighted by atomic mass is 32.1. The van der Waals surface area contributed by atoms with E-state index in [4.69, 9.17) is 0 Å². The number of carbonyl (C=O) groups is 1. The lowest BCUT2D eigenvalue weighted by atomic mass is 10.1. The minimum atomic E-state index is -0.151. The highest BCUT2D eigenvalue weighted by Gasteiger charge is 2.14. The number of anilines is 1. The maximum Gasteiger partial charge on any atom is 0.277 e. The van der Waals surface area contributed by atoms with E-state index in [1.807, 2.05) is 56.9 Å². The number of aryl methyl sites for hydroxylation is 2. The third kappa shape index (κ3) is 8.12. The van der Waals surface area contributed by atoms with Crippen LogP contribution in [0.1, 0.15) is 35.8 Å². The van der Waals surface area contributed by atoms with Gasteiger partial charge in [0, 0.05) is 52.0 Å². The minimum absolute atomic E-state index is 0.0702. The molecule has 2 N–H and O–H groups in total. The lowest BCUT2D eigenvalue weighted by Crippen LogP contribution is -2.29. The first-order valence-corrected chi connectivity index (χ1v) is 12.9. The van der Waals surface area contributed by atoms with Crippen molar-refractivity contribution < 1.29 is 4.79 Å². The number of thiophene rings is 1. The van der Waals surface area contributed by atoms with E-state index in [-0.39, 0.29) is 12.1 Å². The van der Waals surface area contributed by atoms with Crippen molar-refractivity contribution in [1.82, 2.24) is 24.8 Å². The van der Waals surface area contributed by atoms with E-state index >= 15 is 0 Å². The van der Waals surface area contributed by atoms with Crippen molar-refractivity contribution in [1.29, 1.82) is 0 Å². The molecule has 0 saturated heterocycles. The SMILES string of the molecule is CC.CNCc1cc2cnccc2s1.Cc1nccs1.O=CCn1cnc2c(c1=O)NCCC2. The zero-order valence-corrected chi connectivity index (χ0v) is 21.7. The predicted octanol–water partition coefficient (Wildman–Crippen LogP) is 4.29. The number of nitrogens with zero attached hydrogens (tertiary/aromatic N) is 4. The molecular weight excluding hydrogens is 468 g/mol. The summed E-state index contributed by atoms with van der Waals surface area (Å²) < 4.78 is 2.62. The zero-order valence-electron chi connectivity index (χ0n) is 20.1. The van der Waals surface area contributed by atoms with E-state index in [9.17, 15) is 9.59 Å². The fraction of sp³-hybridized carbons (Fsp3) is 0.375. The van der Waals surface area contributed by atoms with Gasteiger partial charge in [-0.3, -0.25) is 19.3 Å². The minimum Gasteiger partial charge on any atom is -0.379 e. The molecule has 8 nitrogen and oxygen atoms in total. The second-order valence-electron chi connectivity index (χ2n) is 6.93. The molecule has 0 aliphatic carbocycles. The molecule has 0 radical (unpaired) electrons. The van der Waals surface area contributed by atoms with Gasteiger partial charge in [-0.05, 0) is 38.9 Å². The van der Waals surface area contributed by atoms with Gasteiger partial charge in [-0.15, -0.1) is 22.7 Å². The summed E-state index contributed by atoms with van der Waals surface area (Å²) in [5.41, 5.74) is 1.21. The summed E-state index contributed by atoms with van der Waals surface area (Å²) in [4.78, 5) is 35.5. The Hall–Kier alpha value is -2.95. The van der Waals surface area contributed by atoms with Crippen LogP contribution in [0.5, 0.6) is 0 Å². The summed E-state index contributed by atoms with van der Waals surface area (Å²) >= 11 is 3.49. The van der Waals surface area contributed by atoms with E-state index < -0.39 is 0 Å². The van der Waals surface area contributed by atoms with E-state index in [2.05, 4.69) is 37.7 Å². The van der Waals surface area contributed by atoms with Gasteiger partial charge in [-0.2, -0.15) is 0 Å². The molecule has 34 heavy (non-hydrogen) atoms.